The topological polar surface area (TPSA) is 55.0 Å². The van der Waals surface area contributed by atoms with E-state index in [1.54, 1.807) is 0 Å². The molecule has 0 saturated carbocycles. The molecule has 1 fully saturated rings. The molecule has 1 aliphatic heterocycles. The van der Waals surface area contributed by atoms with E-state index in [2.05, 4.69) is 21.1 Å². The summed E-state index contributed by atoms with van der Waals surface area (Å²) < 4.78 is 0. The van der Waals surface area contributed by atoms with Gasteiger partial charge in [0.05, 0.1) is 0 Å². The SMILES string of the molecule is CSCC1CCCN(c2cc(C)nc(N)n2)C1. The summed E-state index contributed by atoms with van der Waals surface area (Å²) in [4.78, 5) is 10.8. The Balaban J connectivity index is 2.10. The Bertz CT molecular complexity index is 361. The van der Waals surface area contributed by atoms with Crippen molar-refractivity contribution in [3.05, 3.63) is 11.8 Å². The Hall–Kier alpha value is -0.970. The number of piperidine rings is 1. The molecule has 17 heavy (non-hydrogen) atoms. The second-order valence-corrected chi connectivity index (χ2v) is 5.55. The zero-order chi connectivity index (χ0) is 12.3. The van der Waals surface area contributed by atoms with Gasteiger partial charge in [-0.25, -0.2) is 4.98 Å². The van der Waals surface area contributed by atoms with Crippen molar-refractivity contribution >= 4 is 23.5 Å². The molecule has 1 aliphatic rings. The lowest BCUT2D eigenvalue weighted by atomic mass is 10.00. The van der Waals surface area contributed by atoms with Gasteiger partial charge in [-0.2, -0.15) is 16.7 Å². The Morgan fingerprint density at radius 1 is 1.53 bits per heavy atom. The van der Waals surface area contributed by atoms with Crippen molar-refractivity contribution in [3.63, 3.8) is 0 Å². The number of nitrogens with two attached hydrogens (primary N) is 1. The minimum Gasteiger partial charge on any atom is -0.368 e. The molecule has 4 nitrogen and oxygen atoms in total. The summed E-state index contributed by atoms with van der Waals surface area (Å²) in [6.07, 6.45) is 4.75. The fourth-order valence-electron chi connectivity index (χ4n) is 2.38. The Labute approximate surface area is 107 Å². The van der Waals surface area contributed by atoms with E-state index < -0.39 is 0 Å². The third kappa shape index (κ3) is 3.25. The molecule has 0 aromatic carbocycles. The predicted molar refractivity (Wildman–Crippen MR) is 74.5 cm³/mol. The summed E-state index contributed by atoms with van der Waals surface area (Å²) >= 11 is 1.93. The van der Waals surface area contributed by atoms with Gasteiger partial charge >= 0.3 is 0 Å². The van der Waals surface area contributed by atoms with Crippen LogP contribution in [0.25, 0.3) is 0 Å². The summed E-state index contributed by atoms with van der Waals surface area (Å²) in [5.41, 5.74) is 6.65. The van der Waals surface area contributed by atoms with Gasteiger partial charge in [0.15, 0.2) is 0 Å². The first-order valence-corrected chi connectivity index (χ1v) is 7.43. The number of rotatable bonds is 3. The van der Waals surface area contributed by atoms with Crippen molar-refractivity contribution in [2.45, 2.75) is 19.8 Å². The van der Waals surface area contributed by atoms with E-state index in [4.69, 9.17) is 5.73 Å². The minimum atomic E-state index is 0.381. The van der Waals surface area contributed by atoms with Crippen LogP contribution >= 0.6 is 11.8 Å². The first-order valence-electron chi connectivity index (χ1n) is 6.04. The van der Waals surface area contributed by atoms with Gasteiger partial charge in [0, 0.05) is 24.8 Å². The first-order chi connectivity index (χ1) is 8.19. The van der Waals surface area contributed by atoms with Crippen LogP contribution in [-0.2, 0) is 0 Å². The van der Waals surface area contributed by atoms with Crippen molar-refractivity contribution in [1.82, 2.24) is 9.97 Å². The molecule has 2 N–H and O–H groups in total. The quantitative estimate of drug-likeness (QED) is 0.891. The molecule has 94 valence electrons. The average molecular weight is 252 g/mol. The second-order valence-electron chi connectivity index (χ2n) is 4.64. The van der Waals surface area contributed by atoms with Crippen LogP contribution in [0.2, 0.25) is 0 Å². The van der Waals surface area contributed by atoms with E-state index in [0.29, 0.717) is 5.95 Å². The van der Waals surface area contributed by atoms with Crippen molar-refractivity contribution in [2.24, 2.45) is 5.92 Å². The molecule has 0 aliphatic carbocycles. The summed E-state index contributed by atoms with van der Waals surface area (Å²) in [7, 11) is 0. The summed E-state index contributed by atoms with van der Waals surface area (Å²) in [6, 6.07) is 2.03. The lowest BCUT2D eigenvalue weighted by Gasteiger charge is -2.33. The number of nitrogen functional groups attached to an aromatic ring is 1. The van der Waals surface area contributed by atoms with Crippen LogP contribution in [-0.4, -0.2) is 35.1 Å². The third-order valence-electron chi connectivity index (χ3n) is 3.10. The number of nitrogens with zero attached hydrogens (tertiary/aromatic N) is 3. The van der Waals surface area contributed by atoms with E-state index in [1.165, 1.54) is 18.6 Å². The minimum absolute atomic E-state index is 0.381. The van der Waals surface area contributed by atoms with Crippen LogP contribution in [0.1, 0.15) is 18.5 Å². The maximum Gasteiger partial charge on any atom is 0.222 e. The molecule has 1 atom stereocenters. The zero-order valence-corrected chi connectivity index (χ0v) is 11.3. The molecular formula is C12H20N4S. The molecule has 0 bridgehead atoms. The molecule has 1 aromatic heterocycles. The molecule has 2 rings (SSSR count). The van der Waals surface area contributed by atoms with Crippen LogP contribution < -0.4 is 10.6 Å². The van der Waals surface area contributed by atoms with Gasteiger partial charge in [-0.3, -0.25) is 0 Å². The van der Waals surface area contributed by atoms with Crippen LogP contribution in [0.15, 0.2) is 6.07 Å². The Morgan fingerprint density at radius 2 is 2.35 bits per heavy atom. The van der Waals surface area contributed by atoms with Crippen LogP contribution in [0.4, 0.5) is 11.8 Å². The van der Waals surface area contributed by atoms with Gasteiger partial charge in [-0.1, -0.05) is 0 Å². The molecule has 0 amide bonds. The van der Waals surface area contributed by atoms with Crippen LogP contribution in [0.5, 0.6) is 0 Å². The van der Waals surface area contributed by atoms with Gasteiger partial charge in [0.25, 0.3) is 0 Å². The molecule has 1 aromatic rings. The number of hydrogen-bond acceptors (Lipinski definition) is 5. The van der Waals surface area contributed by atoms with E-state index >= 15 is 0 Å². The Morgan fingerprint density at radius 3 is 3.06 bits per heavy atom. The van der Waals surface area contributed by atoms with Gasteiger partial charge in [-0.05, 0) is 37.7 Å². The number of aromatic nitrogens is 2. The first kappa shape index (κ1) is 12.5. The normalized spacial score (nSPS) is 20.6. The smallest absolute Gasteiger partial charge is 0.222 e. The highest BCUT2D eigenvalue weighted by molar-refractivity contribution is 7.98. The molecule has 1 saturated heterocycles. The Kier molecular flexibility index (Phi) is 4.10. The fraction of sp³-hybridized carbons (Fsp3) is 0.667. The predicted octanol–water partition coefficient (Wildman–Crippen LogP) is 1.95. The molecule has 0 radical (unpaired) electrons. The maximum atomic E-state index is 5.71. The highest BCUT2D eigenvalue weighted by Gasteiger charge is 2.20. The van der Waals surface area contributed by atoms with Gasteiger partial charge in [0.2, 0.25) is 5.95 Å². The van der Waals surface area contributed by atoms with Crippen molar-refractivity contribution in [2.75, 3.05) is 35.7 Å². The molecule has 5 heteroatoms. The highest BCUT2D eigenvalue weighted by Crippen LogP contribution is 2.24. The standard InChI is InChI=1S/C12H20N4S/c1-9-6-11(15-12(13)14-9)16-5-3-4-10(7-16)8-17-2/h6,10H,3-5,7-8H2,1-2H3,(H2,13,14,15). The van der Waals surface area contributed by atoms with E-state index in [9.17, 15) is 0 Å². The maximum absolute atomic E-state index is 5.71. The second kappa shape index (κ2) is 5.58. The molecular weight excluding hydrogens is 232 g/mol. The van der Waals surface area contributed by atoms with Gasteiger partial charge in [0.1, 0.15) is 5.82 Å². The van der Waals surface area contributed by atoms with Crippen LogP contribution in [0, 0.1) is 12.8 Å². The molecule has 1 unspecified atom stereocenters. The van der Waals surface area contributed by atoms with E-state index in [1.807, 2.05) is 24.8 Å². The van der Waals surface area contributed by atoms with E-state index in [0.717, 1.165) is 30.5 Å². The lowest BCUT2D eigenvalue weighted by Crippen LogP contribution is -2.37. The van der Waals surface area contributed by atoms with Gasteiger partial charge < -0.3 is 10.6 Å². The van der Waals surface area contributed by atoms with Gasteiger partial charge in [-0.15, -0.1) is 0 Å². The largest absolute Gasteiger partial charge is 0.368 e. The van der Waals surface area contributed by atoms with Crippen LogP contribution in [0.3, 0.4) is 0 Å². The molecule has 2 heterocycles. The summed E-state index contributed by atoms with van der Waals surface area (Å²) in [6.45, 7) is 4.14. The monoisotopic (exact) mass is 252 g/mol. The van der Waals surface area contributed by atoms with E-state index in [-0.39, 0.29) is 0 Å². The molecule has 0 spiro atoms. The highest BCUT2D eigenvalue weighted by atomic mass is 32.2. The summed E-state index contributed by atoms with van der Waals surface area (Å²) in [5, 5.41) is 0. The van der Waals surface area contributed by atoms with Crippen molar-refractivity contribution in [3.8, 4) is 0 Å². The number of anilines is 2. The lowest BCUT2D eigenvalue weighted by molar-refractivity contribution is 0.451. The number of aryl methyl sites for hydroxylation is 1. The third-order valence-corrected chi connectivity index (χ3v) is 3.91. The van der Waals surface area contributed by atoms with Crippen molar-refractivity contribution < 1.29 is 0 Å². The number of hydrogen-bond donors (Lipinski definition) is 1. The average Bonchev–Trinajstić information content (AvgIpc) is 2.28. The van der Waals surface area contributed by atoms with Crippen molar-refractivity contribution in [1.29, 1.82) is 0 Å². The zero-order valence-electron chi connectivity index (χ0n) is 10.5. The number of thioether (sulfide) groups is 1. The summed E-state index contributed by atoms with van der Waals surface area (Å²) in [5.74, 6) is 3.37. The fourth-order valence-corrected chi connectivity index (χ4v) is 3.12.